The molecule has 1 aromatic carbocycles. The molecule has 0 saturated carbocycles. The predicted molar refractivity (Wildman–Crippen MR) is 72.5 cm³/mol. The van der Waals surface area contributed by atoms with Gasteiger partial charge in [-0.15, -0.1) is 0 Å². The minimum Gasteiger partial charge on any atom is -0.493 e. The topological polar surface area (TPSA) is 53.7 Å². The second-order valence-corrected chi connectivity index (χ2v) is 5.40. The van der Waals surface area contributed by atoms with Gasteiger partial charge in [-0.3, -0.25) is 0 Å². The van der Waals surface area contributed by atoms with Gasteiger partial charge in [0.25, 0.3) is 0 Å². The summed E-state index contributed by atoms with van der Waals surface area (Å²) >= 11 is 0. The Morgan fingerprint density at radius 1 is 1.37 bits per heavy atom. The third kappa shape index (κ3) is 2.61. The van der Waals surface area contributed by atoms with E-state index in [1.165, 1.54) is 5.56 Å². The summed E-state index contributed by atoms with van der Waals surface area (Å²) in [7, 11) is 0. The molecule has 0 aliphatic carbocycles. The van der Waals surface area contributed by atoms with Crippen molar-refractivity contribution in [1.29, 1.82) is 0 Å². The maximum atomic E-state index is 6.13. The van der Waals surface area contributed by atoms with Crippen LogP contribution in [0.2, 0.25) is 0 Å². The molecule has 1 saturated heterocycles. The van der Waals surface area contributed by atoms with Gasteiger partial charge in [0.1, 0.15) is 11.4 Å². The number of hydrogen-bond donors (Lipinski definition) is 1. The molecule has 1 aromatic rings. The van der Waals surface area contributed by atoms with Gasteiger partial charge in [0.05, 0.1) is 19.8 Å². The van der Waals surface area contributed by atoms with Crippen molar-refractivity contribution in [3.8, 4) is 5.75 Å². The molecule has 0 radical (unpaired) electrons. The molecule has 0 spiro atoms. The molecule has 2 N–H and O–H groups in total. The minimum absolute atomic E-state index is 0.296. The fourth-order valence-corrected chi connectivity index (χ4v) is 2.81. The highest BCUT2D eigenvalue weighted by Gasteiger charge is 2.34. The first-order valence-electron chi connectivity index (χ1n) is 6.96. The van der Waals surface area contributed by atoms with Crippen molar-refractivity contribution in [2.75, 3.05) is 33.0 Å². The van der Waals surface area contributed by atoms with Crippen LogP contribution in [0, 0.1) is 0 Å². The summed E-state index contributed by atoms with van der Waals surface area (Å²) in [5, 5.41) is 0. The lowest BCUT2D eigenvalue weighted by molar-refractivity contribution is -0.126. The Labute approximate surface area is 113 Å². The van der Waals surface area contributed by atoms with Crippen LogP contribution in [0.3, 0.4) is 0 Å². The maximum absolute atomic E-state index is 6.13. The van der Waals surface area contributed by atoms with Crippen LogP contribution >= 0.6 is 0 Å². The first kappa shape index (κ1) is 12.9. The zero-order valence-corrected chi connectivity index (χ0v) is 11.1. The zero-order valence-electron chi connectivity index (χ0n) is 11.1. The molecule has 0 bridgehead atoms. The smallest absolute Gasteiger partial charge is 0.123 e. The second-order valence-electron chi connectivity index (χ2n) is 5.40. The van der Waals surface area contributed by atoms with Crippen LogP contribution < -0.4 is 10.5 Å². The summed E-state index contributed by atoms with van der Waals surface area (Å²) in [6, 6.07) is 8.17. The Kier molecular flexibility index (Phi) is 3.73. The SMILES string of the molecule is NCC1(OCC2COc3ccccc32)CCCOC1. The van der Waals surface area contributed by atoms with E-state index in [1.807, 2.05) is 18.2 Å². The van der Waals surface area contributed by atoms with E-state index in [0.29, 0.717) is 32.3 Å². The standard InChI is InChI=1S/C15H21NO3/c16-10-15(6-3-7-17-11-15)19-9-12-8-18-14-5-2-1-4-13(12)14/h1-2,4-5,12H,3,6-11,16H2. The molecular weight excluding hydrogens is 242 g/mol. The largest absolute Gasteiger partial charge is 0.493 e. The van der Waals surface area contributed by atoms with Gasteiger partial charge in [-0.1, -0.05) is 18.2 Å². The maximum Gasteiger partial charge on any atom is 0.123 e. The highest BCUT2D eigenvalue weighted by molar-refractivity contribution is 5.39. The number of para-hydroxylation sites is 1. The van der Waals surface area contributed by atoms with Crippen molar-refractivity contribution in [2.45, 2.75) is 24.4 Å². The molecule has 1 fully saturated rings. The summed E-state index contributed by atoms with van der Waals surface area (Å²) in [4.78, 5) is 0. The molecule has 4 nitrogen and oxygen atoms in total. The van der Waals surface area contributed by atoms with Crippen molar-refractivity contribution < 1.29 is 14.2 Å². The Morgan fingerprint density at radius 3 is 3.05 bits per heavy atom. The van der Waals surface area contributed by atoms with E-state index in [1.54, 1.807) is 0 Å². The molecule has 19 heavy (non-hydrogen) atoms. The third-order valence-electron chi connectivity index (χ3n) is 4.05. The van der Waals surface area contributed by atoms with Crippen LogP contribution in [0.25, 0.3) is 0 Å². The quantitative estimate of drug-likeness (QED) is 0.898. The molecule has 4 heteroatoms. The molecule has 0 amide bonds. The predicted octanol–water partition coefficient (Wildman–Crippen LogP) is 1.69. The lowest BCUT2D eigenvalue weighted by atomic mass is 9.95. The lowest BCUT2D eigenvalue weighted by Crippen LogP contribution is -2.48. The van der Waals surface area contributed by atoms with Gasteiger partial charge in [-0.05, 0) is 18.9 Å². The van der Waals surface area contributed by atoms with Gasteiger partial charge in [0.15, 0.2) is 0 Å². The van der Waals surface area contributed by atoms with Gasteiger partial charge in [-0.25, -0.2) is 0 Å². The Bertz CT molecular complexity index is 429. The first-order valence-corrected chi connectivity index (χ1v) is 6.96. The van der Waals surface area contributed by atoms with Crippen LogP contribution in [0.1, 0.15) is 24.3 Å². The Balaban J connectivity index is 1.63. The number of fused-ring (bicyclic) bond motifs is 1. The minimum atomic E-state index is -0.296. The van der Waals surface area contributed by atoms with Crippen molar-refractivity contribution >= 4 is 0 Å². The average molecular weight is 263 g/mol. The fourth-order valence-electron chi connectivity index (χ4n) is 2.81. The number of ether oxygens (including phenoxy) is 3. The van der Waals surface area contributed by atoms with Crippen LogP contribution in [-0.2, 0) is 9.47 Å². The first-order chi connectivity index (χ1) is 9.33. The Morgan fingerprint density at radius 2 is 2.26 bits per heavy atom. The van der Waals surface area contributed by atoms with Crippen molar-refractivity contribution in [1.82, 2.24) is 0 Å². The normalized spacial score (nSPS) is 29.8. The van der Waals surface area contributed by atoms with Crippen molar-refractivity contribution in [3.63, 3.8) is 0 Å². The van der Waals surface area contributed by atoms with Gasteiger partial charge in [0.2, 0.25) is 0 Å². The summed E-state index contributed by atoms with van der Waals surface area (Å²) < 4.78 is 17.3. The summed E-state index contributed by atoms with van der Waals surface area (Å²) in [5.74, 6) is 1.29. The van der Waals surface area contributed by atoms with E-state index in [4.69, 9.17) is 19.9 Å². The van der Waals surface area contributed by atoms with Gasteiger partial charge >= 0.3 is 0 Å². The number of hydrogen-bond acceptors (Lipinski definition) is 4. The lowest BCUT2D eigenvalue weighted by Gasteiger charge is -2.36. The van der Waals surface area contributed by atoms with Gasteiger partial charge < -0.3 is 19.9 Å². The molecule has 2 heterocycles. The molecule has 2 unspecified atom stereocenters. The monoisotopic (exact) mass is 263 g/mol. The molecule has 0 aromatic heterocycles. The van der Waals surface area contributed by atoms with Crippen molar-refractivity contribution in [2.24, 2.45) is 5.73 Å². The Hall–Kier alpha value is -1.10. The third-order valence-corrected chi connectivity index (χ3v) is 4.05. The van der Waals surface area contributed by atoms with Crippen LogP contribution in [0.15, 0.2) is 24.3 Å². The number of rotatable bonds is 4. The van der Waals surface area contributed by atoms with Gasteiger partial charge in [-0.2, -0.15) is 0 Å². The zero-order chi connectivity index (χ0) is 13.1. The van der Waals surface area contributed by atoms with E-state index in [9.17, 15) is 0 Å². The van der Waals surface area contributed by atoms with E-state index in [0.717, 1.165) is 25.2 Å². The molecular formula is C15H21NO3. The highest BCUT2D eigenvalue weighted by Crippen LogP contribution is 2.35. The van der Waals surface area contributed by atoms with Crippen LogP contribution in [0.5, 0.6) is 5.75 Å². The van der Waals surface area contributed by atoms with E-state index in [2.05, 4.69) is 6.07 Å². The molecule has 2 aliphatic rings. The van der Waals surface area contributed by atoms with Crippen LogP contribution in [0.4, 0.5) is 0 Å². The molecule has 2 aliphatic heterocycles. The van der Waals surface area contributed by atoms with E-state index in [-0.39, 0.29) is 5.60 Å². The van der Waals surface area contributed by atoms with E-state index >= 15 is 0 Å². The van der Waals surface area contributed by atoms with Crippen LogP contribution in [-0.4, -0.2) is 38.6 Å². The summed E-state index contributed by atoms with van der Waals surface area (Å²) in [6.45, 7) is 3.29. The summed E-state index contributed by atoms with van der Waals surface area (Å²) in [6.07, 6.45) is 2.01. The average Bonchev–Trinajstić information content (AvgIpc) is 2.89. The van der Waals surface area contributed by atoms with E-state index < -0.39 is 0 Å². The molecule has 2 atom stereocenters. The number of nitrogens with two attached hydrogens (primary N) is 1. The van der Waals surface area contributed by atoms with Crippen molar-refractivity contribution in [3.05, 3.63) is 29.8 Å². The second kappa shape index (κ2) is 5.49. The molecule has 104 valence electrons. The highest BCUT2D eigenvalue weighted by atomic mass is 16.5. The fraction of sp³-hybridized carbons (Fsp3) is 0.600. The van der Waals surface area contributed by atoms with Gasteiger partial charge in [0, 0.05) is 24.6 Å². The number of benzene rings is 1. The molecule has 3 rings (SSSR count). The summed E-state index contributed by atoms with van der Waals surface area (Å²) in [5.41, 5.74) is 6.83.